The quantitative estimate of drug-likeness (QED) is 0.596. The van der Waals surface area contributed by atoms with Crippen LogP contribution in [0.5, 0.6) is 5.75 Å². The normalized spacial score (nSPS) is 17.4. The van der Waals surface area contributed by atoms with Crippen LogP contribution < -0.4 is 10.1 Å². The van der Waals surface area contributed by atoms with Crippen LogP contribution in [0.2, 0.25) is 0 Å². The Bertz CT molecular complexity index is 814. The summed E-state index contributed by atoms with van der Waals surface area (Å²) in [4.78, 5) is 26.4. The molecule has 1 aliphatic heterocycles. The van der Waals surface area contributed by atoms with Crippen LogP contribution >= 0.6 is 11.3 Å². The van der Waals surface area contributed by atoms with Gasteiger partial charge in [0.1, 0.15) is 10.8 Å². The van der Waals surface area contributed by atoms with Gasteiger partial charge < -0.3 is 19.7 Å². The van der Waals surface area contributed by atoms with Crippen LogP contribution in [0, 0.1) is 5.92 Å². The molecule has 29 heavy (non-hydrogen) atoms. The lowest BCUT2D eigenvalue weighted by atomic mass is 10.1. The van der Waals surface area contributed by atoms with Crippen LogP contribution in [0.1, 0.15) is 24.8 Å². The minimum Gasteiger partial charge on any atom is -0.494 e. The molecule has 0 spiro atoms. The van der Waals surface area contributed by atoms with Crippen LogP contribution in [-0.2, 0) is 20.7 Å². The maximum absolute atomic E-state index is 12.5. The Kier molecular flexibility index (Phi) is 7.54. The van der Waals surface area contributed by atoms with E-state index in [-0.39, 0.29) is 30.2 Å². The van der Waals surface area contributed by atoms with E-state index in [0.717, 1.165) is 23.6 Å². The first-order valence-electron chi connectivity index (χ1n) is 9.66. The largest absolute Gasteiger partial charge is 0.494 e. The molecule has 1 aliphatic rings. The summed E-state index contributed by atoms with van der Waals surface area (Å²) in [5.74, 6) is 0.248. The number of amides is 2. The second-order valence-electron chi connectivity index (χ2n) is 7.01. The minimum absolute atomic E-state index is 0.0222. The van der Waals surface area contributed by atoms with Gasteiger partial charge in [0, 0.05) is 26.5 Å². The van der Waals surface area contributed by atoms with E-state index in [9.17, 15) is 9.59 Å². The van der Waals surface area contributed by atoms with E-state index in [0.29, 0.717) is 24.9 Å². The number of carbonyl (C=O) groups excluding carboxylic acids is 2. The van der Waals surface area contributed by atoms with Crippen molar-refractivity contribution in [3.05, 3.63) is 35.3 Å². The van der Waals surface area contributed by atoms with Crippen molar-refractivity contribution < 1.29 is 19.1 Å². The maximum atomic E-state index is 12.5. The van der Waals surface area contributed by atoms with Gasteiger partial charge in [-0.3, -0.25) is 9.59 Å². The first-order valence-corrected chi connectivity index (χ1v) is 10.5. The molecule has 0 aliphatic carbocycles. The number of ether oxygens (including phenoxy) is 2. The Labute approximate surface area is 174 Å². The minimum atomic E-state index is -0.381. The fourth-order valence-electron chi connectivity index (χ4n) is 3.21. The van der Waals surface area contributed by atoms with Gasteiger partial charge in [-0.15, -0.1) is 10.2 Å². The second kappa shape index (κ2) is 10.3. The number of carbonyl (C=O) groups is 2. The predicted octanol–water partition coefficient (Wildman–Crippen LogP) is 2.37. The highest BCUT2D eigenvalue weighted by atomic mass is 32.1. The van der Waals surface area contributed by atoms with E-state index in [4.69, 9.17) is 9.47 Å². The van der Waals surface area contributed by atoms with E-state index in [1.165, 1.54) is 11.3 Å². The van der Waals surface area contributed by atoms with Gasteiger partial charge in [-0.2, -0.15) is 0 Å². The SMILES string of the molecule is COC[C@H](C)N1C[C@@H](C(=O)Nc2nnc(CCCOc3ccccc3)s2)CC1=O. The molecule has 2 atom stereocenters. The third-order valence-corrected chi connectivity index (χ3v) is 5.61. The van der Waals surface area contributed by atoms with Gasteiger partial charge in [0.05, 0.1) is 25.2 Å². The van der Waals surface area contributed by atoms with Crippen molar-refractivity contribution in [2.24, 2.45) is 5.92 Å². The zero-order valence-corrected chi connectivity index (χ0v) is 17.5. The van der Waals surface area contributed by atoms with Crippen molar-refractivity contribution >= 4 is 28.3 Å². The number of anilines is 1. The Hall–Kier alpha value is -2.52. The lowest BCUT2D eigenvalue weighted by Crippen LogP contribution is -2.38. The van der Waals surface area contributed by atoms with Gasteiger partial charge >= 0.3 is 0 Å². The molecule has 1 saturated heterocycles. The fourth-order valence-corrected chi connectivity index (χ4v) is 3.99. The van der Waals surface area contributed by atoms with E-state index in [1.807, 2.05) is 37.3 Å². The Morgan fingerprint density at radius 3 is 2.90 bits per heavy atom. The standard InChI is InChI=1S/C20H26N4O4S/c1-14(13-27-2)24-12-15(11-18(24)25)19(26)21-20-23-22-17(29-20)9-6-10-28-16-7-4-3-5-8-16/h3-5,7-8,14-15H,6,9-13H2,1-2H3,(H,21,23,26)/t14-,15-/m0/s1. The topological polar surface area (TPSA) is 93.7 Å². The summed E-state index contributed by atoms with van der Waals surface area (Å²) >= 11 is 1.35. The number of methoxy groups -OCH3 is 1. The molecular weight excluding hydrogens is 392 g/mol. The third kappa shape index (κ3) is 5.98. The van der Waals surface area contributed by atoms with Crippen molar-refractivity contribution in [1.82, 2.24) is 15.1 Å². The number of benzene rings is 1. The lowest BCUT2D eigenvalue weighted by molar-refractivity contribution is -0.130. The molecule has 1 N–H and O–H groups in total. The third-order valence-electron chi connectivity index (χ3n) is 4.71. The second-order valence-corrected chi connectivity index (χ2v) is 8.07. The molecule has 156 valence electrons. The van der Waals surface area contributed by atoms with Gasteiger partial charge in [0.15, 0.2) is 0 Å². The highest BCUT2D eigenvalue weighted by Gasteiger charge is 2.36. The summed E-state index contributed by atoms with van der Waals surface area (Å²) < 4.78 is 10.8. The zero-order chi connectivity index (χ0) is 20.6. The first-order chi connectivity index (χ1) is 14.1. The molecular formula is C20H26N4O4S. The summed E-state index contributed by atoms with van der Waals surface area (Å²) in [5.41, 5.74) is 0. The van der Waals surface area contributed by atoms with Crippen molar-refractivity contribution in [3.8, 4) is 5.75 Å². The van der Waals surface area contributed by atoms with E-state index in [1.54, 1.807) is 12.0 Å². The van der Waals surface area contributed by atoms with Gasteiger partial charge in [0.25, 0.3) is 0 Å². The van der Waals surface area contributed by atoms with Crippen LogP contribution in [0.25, 0.3) is 0 Å². The number of hydrogen-bond donors (Lipinski definition) is 1. The van der Waals surface area contributed by atoms with Crippen LogP contribution in [0.4, 0.5) is 5.13 Å². The molecule has 0 unspecified atom stereocenters. The van der Waals surface area contributed by atoms with Gasteiger partial charge in [-0.1, -0.05) is 29.5 Å². The van der Waals surface area contributed by atoms with Crippen molar-refractivity contribution in [2.75, 3.05) is 32.2 Å². The van der Waals surface area contributed by atoms with E-state index in [2.05, 4.69) is 15.5 Å². The highest BCUT2D eigenvalue weighted by Crippen LogP contribution is 2.23. The number of rotatable bonds is 10. The number of likely N-dealkylation sites (tertiary alicyclic amines) is 1. The van der Waals surface area contributed by atoms with Crippen molar-refractivity contribution in [1.29, 1.82) is 0 Å². The molecule has 0 saturated carbocycles. The molecule has 1 aromatic heterocycles. The molecule has 2 heterocycles. The molecule has 9 heteroatoms. The van der Waals surface area contributed by atoms with Crippen molar-refractivity contribution in [2.45, 2.75) is 32.2 Å². The van der Waals surface area contributed by atoms with Crippen LogP contribution in [0.3, 0.4) is 0 Å². The number of aryl methyl sites for hydroxylation is 1. The maximum Gasteiger partial charge on any atom is 0.231 e. The summed E-state index contributed by atoms with van der Waals surface area (Å²) in [6, 6.07) is 9.61. The average Bonchev–Trinajstić information content (AvgIpc) is 3.33. The Morgan fingerprint density at radius 1 is 1.34 bits per heavy atom. The first kappa shape index (κ1) is 21.2. The number of para-hydroxylation sites is 1. The summed E-state index contributed by atoms with van der Waals surface area (Å²) in [7, 11) is 1.60. The Morgan fingerprint density at radius 2 is 2.14 bits per heavy atom. The van der Waals surface area contributed by atoms with Gasteiger partial charge in [0.2, 0.25) is 16.9 Å². The van der Waals surface area contributed by atoms with Gasteiger partial charge in [-0.05, 0) is 25.5 Å². The summed E-state index contributed by atoms with van der Waals surface area (Å²) in [6.07, 6.45) is 1.74. The van der Waals surface area contributed by atoms with Gasteiger partial charge in [-0.25, -0.2) is 0 Å². The van der Waals surface area contributed by atoms with E-state index < -0.39 is 0 Å². The van der Waals surface area contributed by atoms with E-state index >= 15 is 0 Å². The van der Waals surface area contributed by atoms with Crippen LogP contribution in [-0.4, -0.2) is 59.8 Å². The highest BCUT2D eigenvalue weighted by molar-refractivity contribution is 7.15. The molecule has 1 fully saturated rings. The molecule has 3 rings (SSSR count). The predicted molar refractivity (Wildman–Crippen MR) is 110 cm³/mol. The summed E-state index contributed by atoms with van der Waals surface area (Å²) in [5, 5.41) is 12.3. The number of hydrogen-bond acceptors (Lipinski definition) is 7. The number of nitrogens with one attached hydrogen (secondary N) is 1. The molecule has 2 amide bonds. The molecule has 8 nitrogen and oxygen atoms in total. The number of aromatic nitrogens is 2. The summed E-state index contributed by atoms with van der Waals surface area (Å²) in [6.45, 7) is 3.36. The monoisotopic (exact) mass is 418 g/mol. The molecule has 1 aromatic carbocycles. The fraction of sp³-hybridized carbons (Fsp3) is 0.500. The average molecular weight is 419 g/mol. The van der Waals surface area contributed by atoms with Crippen LogP contribution in [0.15, 0.2) is 30.3 Å². The molecule has 0 bridgehead atoms. The molecule has 2 aromatic rings. The number of nitrogens with zero attached hydrogens (tertiary/aromatic N) is 3. The Balaban J connectivity index is 1.42. The molecule has 0 radical (unpaired) electrons. The smallest absolute Gasteiger partial charge is 0.231 e. The zero-order valence-electron chi connectivity index (χ0n) is 16.7. The van der Waals surface area contributed by atoms with Crippen molar-refractivity contribution in [3.63, 3.8) is 0 Å². The lowest BCUT2D eigenvalue weighted by Gasteiger charge is -2.23.